The van der Waals surface area contributed by atoms with E-state index in [9.17, 15) is 21.6 Å². The van der Waals surface area contributed by atoms with E-state index < -0.39 is 16.2 Å². The molecule has 0 radical (unpaired) electrons. The number of ether oxygens (including phenoxy) is 1. The van der Waals surface area contributed by atoms with Crippen molar-refractivity contribution in [2.45, 2.75) is 12.8 Å². The zero-order chi connectivity index (χ0) is 14.5. The molecule has 0 saturated carbocycles. The Bertz CT molecular complexity index is 497. The minimum absolute atomic E-state index is 0.0648. The molecular formula is C11H14F3NO3S. The van der Waals surface area contributed by atoms with Crippen LogP contribution in [-0.2, 0) is 9.84 Å². The molecule has 1 aromatic rings. The smallest absolute Gasteiger partial charge is 0.406 e. The summed E-state index contributed by atoms with van der Waals surface area (Å²) in [6.07, 6.45) is -3.12. The standard InChI is InChI=1S/C11H14F3NO3S/c1-19(16,17)8-2-7-15-9-3-5-10(6-4-9)18-11(12,13)14/h3-6,15H,2,7-8H2,1H3. The van der Waals surface area contributed by atoms with Gasteiger partial charge in [-0.2, -0.15) is 0 Å². The van der Waals surface area contributed by atoms with Crippen LogP contribution in [0.4, 0.5) is 18.9 Å². The second kappa shape index (κ2) is 6.14. The van der Waals surface area contributed by atoms with Gasteiger partial charge in [-0.1, -0.05) is 0 Å². The third-order valence-electron chi connectivity index (χ3n) is 2.11. The predicted molar refractivity (Wildman–Crippen MR) is 65.9 cm³/mol. The first kappa shape index (κ1) is 15.6. The Labute approximate surface area is 109 Å². The zero-order valence-electron chi connectivity index (χ0n) is 10.2. The summed E-state index contributed by atoms with van der Waals surface area (Å²) in [6.45, 7) is 0.423. The highest BCUT2D eigenvalue weighted by atomic mass is 32.2. The van der Waals surface area contributed by atoms with E-state index in [1.807, 2.05) is 0 Å². The number of rotatable bonds is 6. The number of sulfone groups is 1. The second-order valence-electron chi connectivity index (χ2n) is 3.98. The van der Waals surface area contributed by atoms with Crippen molar-refractivity contribution in [1.82, 2.24) is 0 Å². The fourth-order valence-electron chi connectivity index (χ4n) is 1.34. The Morgan fingerprint density at radius 1 is 1.21 bits per heavy atom. The molecule has 0 atom stereocenters. The maximum absolute atomic E-state index is 11.9. The lowest BCUT2D eigenvalue weighted by Gasteiger charge is -2.10. The molecule has 0 aliphatic rings. The molecule has 0 spiro atoms. The summed E-state index contributed by atoms with van der Waals surface area (Å²) >= 11 is 0. The van der Waals surface area contributed by atoms with Crippen LogP contribution in [0.15, 0.2) is 24.3 Å². The van der Waals surface area contributed by atoms with Crippen molar-refractivity contribution in [1.29, 1.82) is 0 Å². The van der Waals surface area contributed by atoms with Crippen LogP contribution >= 0.6 is 0 Å². The molecule has 0 bridgehead atoms. The maximum atomic E-state index is 11.9. The summed E-state index contributed by atoms with van der Waals surface area (Å²) in [6, 6.07) is 5.24. The van der Waals surface area contributed by atoms with Crippen LogP contribution in [0.5, 0.6) is 5.75 Å². The maximum Gasteiger partial charge on any atom is 0.573 e. The molecule has 0 aromatic heterocycles. The molecule has 1 rings (SSSR count). The fraction of sp³-hybridized carbons (Fsp3) is 0.455. The molecule has 0 amide bonds. The first-order valence-corrected chi connectivity index (χ1v) is 7.49. The Hall–Kier alpha value is -1.44. The van der Waals surface area contributed by atoms with Gasteiger partial charge in [0.25, 0.3) is 0 Å². The van der Waals surface area contributed by atoms with Crippen LogP contribution in [0.3, 0.4) is 0 Å². The van der Waals surface area contributed by atoms with E-state index >= 15 is 0 Å². The van der Waals surface area contributed by atoms with E-state index in [0.29, 0.717) is 18.7 Å². The van der Waals surface area contributed by atoms with Gasteiger partial charge in [0.05, 0.1) is 5.75 Å². The van der Waals surface area contributed by atoms with E-state index in [1.165, 1.54) is 24.3 Å². The Kier molecular flexibility index (Phi) is 5.04. The molecule has 19 heavy (non-hydrogen) atoms. The quantitative estimate of drug-likeness (QED) is 0.819. The summed E-state index contributed by atoms with van der Waals surface area (Å²) in [4.78, 5) is 0. The minimum atomic E-state index is -4.70. The summed E-state index contributed by atoms with van der Waals surface area (Å²) in [5, 5.41) is 2.91. The van der Waals surface area contributed by atoms with Crippen molar-refractivity contribution in [3.05, 3.63) is 24.3 Å². The molecule has 0 aliphatic carbocycles. The average Bonchev–Trinajstić information content (AvgIpc) is 2.23. The Morgan fingerprint density at radius 2 is 1.79 bits per heavy atom. The number of hydrogen-bond donors (Lipinski definition) is 1. The minimum Gasteiger partial charge on any atom is -0.406 e. The van der Waals surface area contributed by atoms with Gasteiger partial charge in [0.1, 0.15) is 15.6 Å². The summed E-state index contributed by atoms with van der Waals surface area (Å²) in [5.74, 6) is -0.232. The SMILES string of the molecule is CS(=O)(=O)CCCNc1ccc(OC(F)(F)F)cc1. The predicted octanol–water partition coefficient (Wildman–Crippen LogP) is 2.43. The lowest BCUT2D eigenvalue weighted by atomic mass is 10.3. The monoisotopic (exact) mass is 297 g/mol. The molecule has 0 heterocycles. The van der Waals surface area contributed by atoms with Gasteiger partial charge in [-0.05, 0) is 30.7 Å². The number of halogens is 3. The highest BCUT2D eigenvalue weighted by Gasteiger charge is 2.30. The topological polar surface area (TPSA) is 55.4 Å². The highest BCUT2D eigenvalue weighted by Crippen LogP contribution is 2.23. The first-order valence-electron chi connectivity index (χ1n) is 5.43. The first-order chi connectivity index (χ1) is 8.66. The van der Waals surface area contributed by atoms with Gasteiger partial charge in [0.15, 0.2) is 0 Å². The molecule has 1 N–H and O–H groups in total. The molecule has 108 valence electrons. The lowest BCUT2D eigenvalue weighted by molar-refractivity contribution is -0.274. The summed E-state index contributed by atoms with van der Waals surface area (Å²) in [5.41, 5.74) is 0.600. The summed E-state index contributed by atoms with van der Waals surface area (Å²) < 4.78 is 61.2. The molecule has 0 fully saturated rings. The van der Waals surface area contributed by atoms with Crippen molar-refractivity contribution in [2.24, 2.45) is 0 Å². The van der Waals surface area contributed by atoms with Crippen LogP contribution in [0.2, 0.25) is 0 Å². The molecule has 0 unspecified atom stereocenters. The number of hydrogen-bond acceptors (Lipinski definition) is 4. The highest BCUT2D eigenvalue weighted by molar-refractivity contribution is 7.90. The molecule has 4 nitrogen and oxygen atoms in total. The van der Waals surface area contributed by atoms with Gasteiger partial charge in [0.2, 0.25) is 0 Å². The van der Waals surface area contributed by atoms with E-state index in [4.69, 9.17) is 0 Å². The lowest BCUT2D eigenvalue weighted by Crippen LogP contribution is -2.17. The molecule has 8 heteroatoms. The third kappa shape index (κ3) is 7.55. The van der Waals surface area contributed by atoms with Gasteiger partial charge >= 0.3 is 6.36 Å². The zero-order valence-corrected chi connectivity index (χ0v) is 11.0. The molecule has 0 aliphatic heterocycles. The number of alkyl halides is 3. The van der Waals surface area contributed by atoms with Gasteiger partial charge < -0.3 is 10.1 Å². The van der Waals surface area contributed by atoms with E-state index in [1.54, 1.807) is 0 Å². The van der Waals surface area contributed by atoms with Crippen molar-refractivity contribution < 1.29 is 26.3 Å². The molecule has 1 aromatic carbocycles. The second-order valence-corrected chi connectivity index (χ2v) is 6.24. The van der Waals surface area contributed by atoms with Crippen molar-refractivity contribution in [2.75, 3.05) is 23.9 Å². The van der Waals surface area contributed by atoms with Crippen LogP contribution in [-0.4, -0.2) is 33.3 Å². The van der Waals surface area contributed by atoms with Gasteiger partial charge in [-0.3, -0.25) is 0 Å². The Morgan fingerprint density at radius 3 is 2.26 bits per heavy atom. The summed E-state index contributed by atoms with van der Waals surface area (Å²) in [7, 11) is -2.99. The van der Waals surface area contributed by atoms with Crippen LogP contribution in [0.1, 0.15) is 6.42 Å². The van der Waals surface area contributed by atoms with Crippen LogP contribution in [0, 0.1) is 0 Å². The number of nitrogens with one attached hydrogen (secondary N) is 1. The number of anilines is 1. The van der Waals surface area contributed by atoms with Gasteiger partial charge in [0, 0.05) is 18.5 Å². The van der Waals surface area contributed by atoms with Crippen LogP contribution in [0.25, 0.3) is 0 Å². The normalized spacial score (nSPS) is 12.2. The van der Waals surface area contributed by atoms with E-state index in [-0.39, 0.29) is 11.5 Å². The average molecular weight is 297 g/mol. The van der Waals surface area contributed by atoms with E-state index in [0.717, 1.165) is 6.26 Å². The van der Waals surface area contributed by atoms with Crippen LogP contribution < -0.4 is 10.1 Å². The van der Waals surface area contributed by atoms with Crippen molar-refractivity contribution >= 4 is 15.5 Å². The molecular weight excluding hydrogens is 283 g/mol. The fourth-order valence-corrected chi connectivity index (χ4v) is 2.01. The van der Waals surface area contributed by atoms with Gasteiger partial charge in [-0.15, -0.1) is 13.2 Å². The molecule has 0 saturated heterocycles. The van der Waals surface area contributed by atoms with Crippen molar-refractivity contribution in [3.63, 3.8) is 0 Å². The largest absolute Gasteiger partial charge is 0.573 e. The third-order valence-corrected chi connectivity index (χ3v) is 3.14. The van der Waals surface area contributed by atoms with Crippen molar-refractivity contribution in [3.8, 4) is 5.75 Å². The Balaban J connectivity index is 2.40. The van der Waals surface area contributed by atoms with E-state index in [2.05, 4.69) is 10.1 Å². The van der Waals surface area contributed by atoms with Gasteiger partial charge in [-0.25, -0.2) is 8.42 Å². The number of benzene rings is 1.